The molecule has 1 atom stereocenters. The average Bonchev–Trinajstić information content (AvgIpc) is 2.98. The van der Waals surface area contributed by atoms with E-state index in [1.54, 1.807) is 6.92 Å². The quantitative estimate of drug-likeness (QED) is 0.813. The van der Waals surface area contributed by atoms with E-state index in [9.17, 15) is 18.0 Å². The molecular formula is C14H17NO6S. The van der Waals surface area contributed by atoms with Gasteiger partial charge in [0.05, 0.1) is 17.1 Å². The zero-order valence-electron chi connectivity index (χ0n) is 12.1. The van der Waals surface area contributed by atoms with Crippen LogP contribution in [0.2, 0.25) is 0 Å². The van der Waals surface area contributed by atoms with Crippen LogP contribution in [-0.4, -0.2) is 49.0 Å². The number of esters is 1. The Morgan fingerprint density at radius 1 is 1.36 bits per heavy atom. The van der Waals surface area contributed by atoms with Crippen molar-refractivity contribution in [2.45, 2.75) is 30.7 Å². The fraction of sp³-hybridized carbons (Fsp3) is 0.429. The fourth-order valence-corrected chi connectivity index (χ4v) is 4.30. The molecule has 22 heavy (non-hydrogen) atoms. The van der Waals surface area contributed by atoms with Crippen LogP contribution < -0.4 is 0 Å². The van der Waals surface area contributed by atoms with E-state index in [1.807, 2.05) is 0 Å². The molecule has 1 heterocycles. The zero-order valence-corrected chi connectivity index (χ0v) is 12.9. The summed E-state index contributed by atoms with van der Waals surface area (Å²) in [5.74, 6) is -1.93. The maximum absolute atomic E-state index is 12.7. The summed E-state index contributed by atoms with van der Waals surface area (Å²) >= 11 is 0. The van der Waals surface area contributed by atoms with Gasteiger partial charge in [0.15, 0.2) is 0 Å². The number of rotatable bonds is 5. The van der Waals surface area contributed by atoms with E-state index in [1.165, 1.54) is 24.3 Å². The summed E-state index contributed by atoms with van der Waals surface area (Å²) in [6, 6.07) is 4.57. The second-order valence-corrected chi connectivity index (χ2v) is 6.69. The number of carbonyl (C=O) groups is 2. The fourth-order valence-electron chi connectivity index (χ4n) is 2.47. The minimum Gasteiger partial charge on any atom is -0.480 e. The third-order valence-electron chi connectivity index (χ3n) is 3.46. The number of hydrogen-bond acceptors (Lipinski definition) is 5. The molecule has 0 amide bonds. The maximum atomic E-state index is 12.7. The van der Waals surface area contributed by atoms with Crippen LogP contribution in [0.4, 0.5) is 0 Å². The first kappa shape index (κ1) is 16.4. The molecule has 0 bridgehead atoms. The van der Waals surface area contributed by atoms with Crippen molar-refractivity contribution in [2.24, 2.45) is 0 Å². The maximum Gasteiger partial charge on any atom is 0.339 e. The standard InChI is InChI=1S/C14H17NO6S/c1-2-21-14(18)10-6-3-4-8-12(10)22(19,20)15-9-5-7-11(15)13(16)17/h3-4,6,8,11H,2,5,7,9H2,1H3,(H,16,17)/t11-/m0/s1. The van der Waals surface area contributed by atoms with Gasteiger partial charge in [-0.05, 0) is 31.9 Å². The molecule has 1 aliphatic heterocycles. The van der Waals surface area contributed by atoms with Gasteiger partial charge in [-0.15, -0.1) is 0 Å². The van der Waals surface area contributed by atoms with E-state index >= 15 is 0 Å². The SMILES string of the molecule is CCOC(=O)c1ccccc1S(=O)(=O)N1CCC[C@H]1C(=O)O. The first-order chi connectivity index (χ1) is 10.4. The highest BCUT2D eigenvalue weighted by Crippen LogP contribution is 2.28. The number of carboxylic acid groups (broad SMARTS) is 1. The van der Waals surface area contributed by atoms with Crippen molar-refractivity contribution in [3.8, 4) is 0 Å². The first-order valence-corrected chi connectivity index (χ1v) is 8.34. The van der Waals surface area contributed by atoms with Gasteiger partial charge < -0.3 is 9.84 Å². The van der Waals surface area contributed by atoms with Gasteiger partial charge in [-0.1, -0.05) is 12.1 Å². The van der Waals surface area contributed by atoms with E-state index in [4.69, 9.17) is 9.84 Å². The van der Waals surface area contributed by atoms with E-state index in [2.05, 4.69) is 0 Å². The molecule has 1 aromatic rings. The summed E-state index contributed by atoms with van der Waals surface area (Å²) in [7, 11) is -4.08. The lowest BCUT2D eigenvalue weighted by molar-refractivity contribution is -0.140. The van der Waals surface area contributed by atoms with Gasteiger partial charge in [0.25, 0.3) is 0 Å². The minimum atomic E-state index is -4.08. The van der Waals surface area contributed by atoms with Gasteiger partial charge in [0, 0.05) is 6.54 Å². The Kier molecular flexibility index (Phi) is 4.82. The van der Waals surface area contributed by atoms with Crippen molar-refractivity contribution in [1.29, 1.82) is 0 Å². The first-order valence-electron chi connectivity index (χ1n) is 6.90. The Morgan fingerprint density at radius 2 is 2.05 bits per heavy atom. The third kappa shape index (κ3) is 2.97. The van der Waals surface area contributed by atoms with Gasteiger partial charge in [0.2, 0.25) is 10.0 Å². The minimum absolute atomic E-state index is 0.0830. The summed E-state index contributed by atoms with van der Waals surface area (Å²) in [4.78, 5) is 22.9. The predicted octanol–water partition coefficient (Wildman–Crippen LogP) is 1.10. The number of hydrogen-bond donors (Lipinski definition) is 1. The van der Waals surface area contributed by atoms with Crippen molar-refractivity contribution in [3.05, 3.63) is 29.8 Å². The van der Waals surface area contributed by atoms with Gasteiger partial charge in [-0.3, -0.25) is 4.79 Å². The summed E-state index contributed by atoms with van der Waals surface area (Å²) in [6.45, 7) is 1.86. The lowest BCUT2D eigenvalue weighted by Gasteiger charge is -2.22. The third-order valence-corrected chi connectivity index (χ3v) is 5.42. The largest absolute Gasteiger partial charge is 0.480 e. The molecule has 0 aliphatic carbocycles. The van der Waals surface area contributed by atoms with Crippen LogP contribution >= 0.6 is 0 Å². The highest BCUT2D eigenvalue weighted by molar-refractivity contribution is 7.89. The van der Waals surface area contributed by atoms with E-state index < -0.39 is 28.0 Å². The Labute approximate surface area is 128 Å². The van der Waals surface area contributed by atoms with Crippen molar-refractivity contribution in [3.63, 3.8) is 0 Å². The number of carboxylic acids is 1. The summed E-state index contributed by atoms with van der Waals surface area (Å²) in [5.41, 5.74) is -0.0830. The smallest absolute Gasteiger partial charge is 0.339 e. The number of carbonyl (C=O) groups excluding carboxylic acids is 1. The summed E-state index contributed by atoms with van der Waals surface area (Å²) < 4.78 is 31.3. The molecule has 1 N–H and O–H groups in total. The van der Waals surface area contributed by atoms with Gasteiger partial charge in [0.1, 0.15) is 6.04 Å². The molecule has 120 valence electrons. The molecule has 0 aromatic heterocycles. The normalized spacial score (nSPS) is 19.0. The number of nitrogens with zero attached hydrogens (tertiary/aromatic N) is 1. The van der Waals surface area contributed by atoms with E-state index in [0.29, 0.717) is 6.42 Å². The van der Waals surface area contributed by atoms with Crippen molar-refractivity contribution in [2.75, 3.05) is 13.2 Å². The molecule has 8 heteroatoms. The molecule has 0 saturated carbocycles. The van der Waals surface area contributed by atoms with Crippen molar-refractivity contribution >= 4 is 22.0 Å². The van der Waals surface area contributed by atoms with Crippen molar-refractivity contribution < 1.29 is 27.9 Å². The van der Waals surface area contributed by atoms with Gasteiger partial charge >= 0.3 is 11.9 Å². The molecule has 2 rings (SSSR count). The van der Waals surface area contributed by atoms with E-state index in [-0.39, 0.29) is 30.0 Å². The van der Waals surface area contributed by atoms with Crippen LogP contribution in [0, 0.1) is 0 Å². The molecule has 1 saturated heterocycles. The molecule has 7 nitrogen and oxygen atoms in total. The summed E-state index contributed by atoms with van der Waals surface area (Å²) in [6.07, 6.45) is 0.730. The average molecular weight is 327 g/mol. The highest BCUT2D eigenvalue weighted by Gasteiger charge is 2.40. The second kappa shape index (κ2) is 6.45. The Hall–Kier alpha value is -1.93. The monoisotopic (exact) mass is 327 g/mol. The van der Waals surface area contributed by atoms with Crippen molar-refractivity contribution in [1.82, 2.24) is 4.31 Å². The van der Waals surface area contributed by atoms with E-state index in [0.717, 1.165) is 4.31 Å². The summed E-state index contributed by atoms with van der Waals surface area (Å²) in [5, 5.41) is 9.16. The molecule has 0 unspecified atom stereocenters. The predicted molar refractivity (Wildman–Crippen MR) is 76.9 cm³/mol. The molecule has 1 fully saturated rings. The number of benzene rings is 1. The second-order valence-electron chi connectivity index (χ2n) is 4.83. The molecule has 0 radical (unpaired) electrons. The number of aliphatic carboxylic acids is 1. The van der Waals surface area contributed by atoms with Crippen LogP contribution in [0.25, 0.3) is 0 Å². The number of ether oxygens (including phenoxy) is 1. The lowest BCUT2D eigenvalue weighted by Crippen LogP contribution is -2.40. The molecule has 0 spiro atoms. The van der Waals surface area contributed by atoms with Crippen LogP contribution in [0.5, 0.6) is 0 Å². The molecule has 1 aromatic carbocycles. The Balaban J connectivity index is 2.46. The molecular weight excluding hydrogens is 310 g/mol. The molecule has 1 aliphatic rings. The zero-order chi connectivity index (χ0) is 16.3. The van der Waals surface area contributed by atoms with Crippen LogP contribution in [0.3, 0.4) is 0 Å². The van der Waals surface area contributed by atoms with Crippen LogP contribution in [0.1, 0.15) is 30.1 Å². The Bertz CT molecular complexity index is 684. The van der Waals surface area contributed by atoms with Gasteiger partial charge in [-0.25, -0.2) is 13.2 Å². The highest BCUT2D eigenvalue weighted by atomic mass is 32.2. The van der Waals surface area contributed by atoms with Crippen LogP contribution in [0.15, 0.2) is 29.2 Å². The topological polar surface area (TPSA) is 101 Å². The van der Waals surface area contributed by atoms with Gasteiger partial charge in [-0.2, -0.15) is 4.31 Å². The Morgan fingerprint density at radius 3 is 2.68 bits per heavy atom. The number of sulfonamides is 1. The lowest BCUT2D eigenvalue weighted by atomic mass is 10.2. The van der Waals surface area contributed by atoms with Crippen LogP contribution in [-0.2, 0) is 19.6 Å².